The van der Waals surface area contributed by atoms with Crippen LogP contribution in [-0.4, -0.2) is 51.8 Å². The number of ether oxygens (including phenoxy) is 3. The van der Waals surface area contributed by atoms with E-state index in [2.05, 4.69) is 5.32 Å². The average Bonchev–Trinajstić information content (AvgIpc) is 3.12. The minimum absolute atomic E-state index is 0.124. The van der Waals surface area contributed by atoms with Crippen molar-refractivity contribution in [2.75, 3.05) is 39.3 Å². The standard InChI is InChI=1S/C20H31N3O5/c1-6-20(7-2,12-21)22-19(25)13-8-17(24)23(11-13)14-9-15(26-3)18(28-5)16(10-14)27-4/h9-10,13H,6-8,11-12,21H2,1-5H3,(H,22,25). The smallest absolute Gasteiger partial charge is 0.227 e. The predicted molar refractivity (Wildman–Crippen MR) is 107 cm³/mol. The van der Waals surface area contributed by atoms with Crippen molar-refractivity contribution in [2.24, 2.45) is 11.7 Å². The predicted octanol–water partition coefficient (Wildman–Crippen LogP) is 1.70. The molecule has 0 spiro atoms. The van der Waals surface area contributed by atoms with E-state index in [0.29, 0.717) is 29.5 Å². The van der Waals surface area contributed by atoms with Crippen LogP contribution in [-0.2, 0) is 9.59 Å². The van der Waals surface area contributed by atoms with E-state index < -0.39 is 11.5 Å². The van der Waals surface area contributed by atoms with E-state index in [9.17, 15) is 9.59 Å². The first-order valence-corrected chi connectivity index (χ1v) is 9.51. The van der Waals surface area contributed by atoms with Gasteiger partial charge in [-0.1, -0.05) is 13.8 Å². The van der Waals surface area contributed by atoms with Gasteiger partial charge in [0.15, 0.2) is 11.5 Å². The Balaban J connectivity index is 2.24. The van der Waals surface area contributed by atoms with E-state index in [0.717, 1.165) is 12.8 Å². The van der Waals surface area contributed by atoms with Gasteiger partial charge in [-0.25, -0.2) is 0 Å². The lowest BCUT2D eigenvalue weighted by Crippen LogP contribution is -2.54. The summed E-state index contributed by atoms with van der Waals surface area (Å²) in [6.45, 7) is 4.65. The maximum atomic E-state index is 12.8. The molecule has 28 heavy (non-hydrogen) atoms. The van der Waals surface area contributed by atoms with E-state index in [1.54, 1.807) is 17.0 Å². The zero-order chi connectivity index (χ0) is 20.9. The maximum Gasteiger partial charge on any atom is 0.227 e. The first-order chi connectivity index (χ1) is 13.4. The number of benzene rings is 1. The molecule has 2 rings (SSSR count). The summed E-state index contributed by atoms with van der Waals surface area (Å²) in [5.74, 6) is 0.662. The summed E-state index contributed by atoms with van der Waals surface area (Å²) < 4.78 is 16.0. The molecule has 0 saturated carbocycles. The highest BCUT2D eigenvalue weighted by atomic mass is 16.5. The lowest BCUT2D eigenvalue weighted by molar-refractivity contribution is -0.128. The molecule has 1 atom stereocenters. The first kappa shape index (κ1) is 21.8. The quantitative estimate of drug-likeness (QED) is 0.662. The molecule has 1 aromatic carbocycles. The van der Waals surface area contributed by atoms with Gasteiger partial charge in [0.2, 0.25) is 17.6 Å². The second-order valence-corrected chi connectivity index (χ2v) is 6.97. The van der Waals surface area contributed by atoms with Gasteiger partial charge < -0.3 is 30.2 Å². The number of nitrogens with two attached hydrogens (primary N) is 1. The molecule has 0 radical (unpaired) electrons. The Morgan fingerprint density at radius 1 is 1.18 bits per heavy atom. The second-order valence-electron chi connectivity index (χ2n) is 6.97. The molecule has 8 heteroatoms. The van der Waals surface area contributed by atoms with Crippen molar-refractivity contribution in [1.29, 1.82) is 0 Å². The molecule has 8 nitrogen and oxygen atoms in total. The topological polar surface area (TPSA) is 103 Å². The third-order valence-electron chi connectivity index (χ3n) is 5.59. The second kappa shape index (κ2) is 9.14. The van der Waals surface area contributed by atoms with Crippen LogP contribution in [0.15, 0.2) is 12.1 Å². The van der Waals surface area contributed by atoms with E-state index in [1.165, 1.54) is 21.3 Å². The van der Waals surface area contributed by atoms with Crippen molar-refractivity contribution in [1.82, 2.24) is 5.32 Å². The van der Waals surface area contributed by atoms with Gasteiger partial charge in [0.1, 0.15) is 0 Å². The fraction of sp³-hybridized carbons (Fsp3) is 0.600. The third-order valence-corrected chi connectivity index (χ3v) is 5.59. The Bertz CT molecular complexity index is 685. The number of nitrogens with one attached hydrogen (secondary N) is 1. The van der Waals surface area contributed by atoms with Gasteiger partial charge in [-0.3, -0.25) is 9.59 Å². The fourth-order valence-corrected chi connectivity index (χ4v) is 3.49. The highest BCUT2D eigenvalue weighted by Gasteiger charge is 2.38. The zero-order valence-corrected chi connectivity index (χ0v) is 17.3. The highest BCUT2D eigenvalue weighted by Crippen LogP contribution is 2.42. The van der Waals surface area contributed by atoms with Crippen LogP contribution in [0.2, 0.25) is 0 Å². The zero-order valence-electron chi connectivity index (χ0n) is 17.3. The summed E-state index contributed by atoms with van der Waals surface area (Å²) in [5.41, 5.74) is 6.05. The number of carbonyl (C=O) groups excluding carboxylic acids is 2. The Morgan fingerprint density at radius 2 is 1.75 bits per heavy atom. The van der Waals surface area contributed by atoms with E-state index in [-0.39, 0.29) is 24.8 Å². The molecule has 1 fully saturated rings. The summed E-state index contributed by atoms with van der Waals surface area (Å²) in [4.78, 5) is 27.0. The van der Waals surface area contributed by atoms with Crippen LogP contribution in [0.5, 0.6) is 17.2 Å². The van der Waals surface area contributed by atoms with Gasteiger partial charge >= 0.3 is 0 Å². The van der Waals surface area contributed by atoms with Gasteiger partial charge in [-0.15, -0.1) is 0 Å². The molecule has 0 aliphatic carbocycles. The SMILES string of the molecule is CCC(CC)(CN)NC(=O)C1CC(=O)N(c2cc(OC)c(OC)c(OC)c2)C1. The summed E-state index contributed by atoms with van der Waals surface area (Å²) in [5, 5.41) is 3.07. The molecule has 1 saturated heterocycles. The number of methoxy groups -OCH3 is 3. The summed E-state index contributed by atoms with van der Waals surface area (Å²) in [6.07, 6.45) is 1.63. The normalized spacial score (nSPS) is 16.9. The highest BCUT2D eigenvalue weighted by molar-refractivity contribution is 6.00. The number of hydrogen-bond donors (Lipinski definition) is 2. The number of nitrogens with zero attached hydrogens (tertiary/aromatic N) is 1. The van der Waals surface area contributed by atoms with Crippen LogP contribution in [0.1, 0.15) is 33.1 Å². The van der Waals surface area contributed by atoms with Crippen LogP contribution >= 0.6 is 0 Å². The number of rotatable bonds is 9. The van der Waals surface area contributed by atoms with Crippen LogP contribution in [0.4, 0.5) is 5.69 Å². The van der Waals surface area contributed by atoms with Gasteiger partial charge in [-0.2, -0.15) is 0 Å². The summed E-state index contributed by atoms with van der Waals surface area (Å²) in [7, 11) is 4.56. The van der Waals surface area contributed by atoms with Crippen molar-refractivity contribution >= 4 is 17.5 Å². The largest absolute Gasteiger partial charge is 0.493 e. The average molecular weight is 393 g/mol. The molecule has 0 aromatic heterocycles. The van der Waals surface area contributed by atoms with Crippen molar-refractivity contribution in [2.45, 2.75) is 38.6 Å². The molecule has 1 heterocycles. The van der Waals surface area contributed by atoms with Crippen molar-refractivity contribution in [3.63, 3.8) is 0 Å². The molecule has 2 amide bonds. The van der Waals surface area contributed by atoms with Crippen molar-refractivity contribution in [3.05, 3.63) is 12.1 Å². The van der Waals surface area contributed by atoms with Crippen LogP contribution in [0.25, 0.3) is 0 Å². The van der Waals surface area contributed by atoms with E-state index >= 15 is 0 Å². The number of carbonyl (C=O) groups is 2. The van der Waals surface area contributed by atoms with Crippen molar-refractivity contribution < 1.29 is 23.8 Å². The summed E-state index contributed by atoms with van der Waals surface area (Å²) in [6, 6.07) is 3.42. The van der Waals surface area contributed by atoms with E-state index in [1.807, 2.05) is 13.8 Å². The summed E-state index contributed by atoms with van der Waals surface area (Å²) >= 11 is 0. The van der Waals surface area contributed by atoms with Crippen LogP contribution in [0.3, 0.4) is 0 Å². The monoisotopic (exact) mass is 393 g/mol. The number of amides is 2. The van der Waals surface area contributed by atoms with Gasteiger partial charge in [0.25, 0.3) is 0 Å². The lowest BCUT2D eigenvalue weighted by atomic mass is 9.91. The van der Waals surface area contributed by atoms with Gasteiger partial charge in [-0.05, 0) is 12.8 Å². The minimum Gasteiger partial charge on any atom is -0.493 e. The first-order valence-electron chi connectivity index (χ1n) is 9.51. The Hall–Kier alpha value is -2.48. The van der Waals surface area contributed by atoms with Gasteiger partial charge in [0.05, 0.1) is 38.5 Å². The molecular weight excluding hydrogens is 362 g/mol. The Morgan fingerprint density at radius 3 is 2.18 bits per heavy atom. The molecule has 1 aliphatic heterocycles. The molecule has 1 aliphatic rings. The minimum atomic E-state index is -0.435. The Labute approximate surface area is 166 Å². The Kier molecular flexibility index (Phi) is 7.12. The van der Waals surface area contributed by atoms with Crippen LogP contribution < -0.4 is 30.2 Å². The molecule has 156 valence electrons. The van der Waals surface area contributed by atoms with Crippen LogP contribution in [0, 0.1) is 5.92 Å². The molecule has 1 aromatic rings. The fourth-order valence-electron chi connectivity index (χ4n) is 3.49. The third kappa shape index (κ3) is 4.16. The number of hydrogen-bond acceptors (Lipinski definition) is 6. The maximum absolute atomic E-state index is 12.8. The lowest BCUT2D eigenvalue weighted by Gasteiger charge is -2.32. The van der Waals surface area contributed by atoms with Gasteiger partial charge in [0, 0.05) is 31.6 Å². The molecule has 1 unspecified atom stereocenters. The molecule has 0 bridgehead atoms. The molecular formula is C20H31N3O5. The van der Waals surface area contributed by atoms with E-state index in [4.69, 9.17) is 19.9 Å². The molecule has 3 N–H and O–H groups in total. The number of anilines is 1. The van der Waals surface area contributed by atoms with Crippen molar-refractivity contribution in [3.8, 4) is 17.2 Å².